The van der Waals surface area contributed by atoms with E-state index in [0.29, 0.717) is 12.2 Å². The van der Waals surface area contributed by atoms with Gasteiger partial charge in [0.2, 0.25) is 0 Å². The van der Waals surface area contributed by atoms with Gasteiger partial charge < -0.3 is 15.8 Å². The molecule has 0 unspecified atom stereocenters. The molecule has 0 spiro atoms. The van der Waals surface area contributed by atoms with E-state index in [4.69, 9.17) is 5.73 Å². The number of aryl methyl sites for hydroxylation is 2. The van der Waals surface area contributed by atoms with Crippen LogP contribution in [-0.2, 0) is 6.54 Å². The molecule has 0 atom stereocenters. The van der Waals surface area contributed by atoms with E-state index < -0.39 is 6.36 Å². The molecule has 1 aromatic heterocycles. The van der Waals surface area contributed by atoms with Crippen LogP contribution < -0.4 is 15.8 Å². The summed E-state index contributed by atoms with van der Waals surface area (Å²) in [5, 5.41) is 3.67. The lowest BCUT2D eigenvalue weighted by Gasteiger charge is -2.11. The third-order valence-electron chi connectivity index (χ3n) is 2.73. The Labute approximate surface area is 158 Å². The number of thiazole rings is 1. The molecule has 0 bridgehead atoms. The predicted octanol–water partition coefficient (Wildman–Crippen LogP) is 4.20. The zero-order chi connectivity index (χ0) is 17.0. The fourth-order valence-corrected chi connectivity index (χ4v) is 2.70. The lowest BCUT2D eigenvalue weighted by molar-refractivity contribution is -0.274. The summed E-state index contributed by atoms with van der Waals surface area (Å²) in [4.78, 5) is 9.43. The van der Waals surface area contributed by atoms with E-state index in [9.17, 15) is 13.2 Å². The Balaban J connectivity index is 0.00000288. The van der Waals surface area contributed by atoms with Crippen molar-refractivity contribution in [3.05, 3.63) is 39.8 Å². The summed E-state index contributed by atoms with van der Waals surface area (Å²) >= 11 is 1.52. The molecule has 2 aromatic rings. The van der Waals surface area contributed by atoms with Gasteiger partial charge >= 0.3 is 6.36 Å². The van der Waals surface area contributed by atoms with E-state index in [-0.39, 0.29) is 35.7 Å². The van der Waals surface area contributed by atoms with Gasteiger partial charge in [-0.05, 0) is 26.0 Å². The molecule has 3 N–H and O–H groups in total. The Morgan fingerprint density at radius 1 is 1.38 bits per heavy atom. The summed E-state index contributed by atoms with van der Waals surface area (Å²) in [7, 11) is 0. The van der Waals surface area contributed by atoms with Gasteiger partial charge in [-0.3, -0.25) is 0 Å². The number of rotatable bonds is 4. The molecule has 1 heterocycles. The van der Waals surface area contributed by atoms with E-state index in [1.54, 1.807) is 6.07 Å². The Bertz CT molecular complexity index is 718. The van der Waals surface area contributed by atoms with E-state index in [2.05, 4.69) is 20.0 Å². The smallest absolute Gasteiger partial charge is 0.406 e. The van der Waals surface area contributed by atoms with Crippen LogP contribution in [0.15, 0.2) is 29.3 Å². The highest BCUT2D eigenvalue weighted by Gasteiger charge is 2.31. The van der Waals surface area contributed by atoms with Crippen molar-refractivity contribution < 1.29 is 17.9 Å². The number of ether oxygens (including phenoxy) is 1. The minimum Gasteiger partial charge on any atom is -0.406 e. The summed E-state index contributed by atoms with van der Waals surface area (Å²) in [6.45, 7) is 4.14. The van der Waals surface area contributed by atoms with Crippen LogP contribution in [0.1, 0.15) is 15.6 Å². The zero-order valence-electron chi connectivity index (χ0n) is 12.8. The maximum atomic E-state index is 12.2. The van der Waals surface area contributed by atoms with Gasteiger partial charge in [0, 0.05) is 16.6 Å². The van der Waals surface area contributed by atoms with E-state index in [1.807, 2.05) is 13.8 Å². The summed E-state index contributed by atoms with van der Waals surface area (Å²) in [5.41, 5.74) is 6.99. The Kier molecular flexibility index (Phi) is 7.27. The van der Waals surface area contributed by atoms with Crippen LogP contribution in [0, 0.1) is 13.8 Å². The molecule has 2 rings (SSSR count). The monoisotopic (exact) mass is 472 g/mol. The minimum atomic E-state index is -4.74. The number of nitrogens with zero attached hydrogens (tertiary/aromatic N) is 2. The van der Waals surface area contributed by atoms with Crippen LogP contribution in [0.4, 0.5) is 18.9 Å². The van der Waals surface area contributed by atoms with Crippen molar-refractivity contribution in [2.75, 3.05) is 5.32 Å². The van der Waals surface area contributed by atoms with Crippen LogP contribution in [0.3, 0.4) is 0 Å². The number of halogens is 4. The molecule has 1 aromatic carbocycles. The van der Waals surface area contributed by atoms with E-state index >= 15 is 0 Å². The number of nitrogens with two attached hydrogens (primary N) is 1. The largest absolute Gasteiger partial charge is 0.573 e. The molecule has 0 fully saturated rings. The van der Waals surface area contributed by atoms with Crippen molar-refractivity contribution in [1.82, 2.24) is 4.98 Å². The highest BCUT2D eigenvalue weighted by atomic mass is 127. The third-order valence-corrected chi connectivity index (χ3v) is 3.79. The maximum Gasteiger partial charge on any atom is 0.573 e. The Hall–Kier alpha value is -1.56. The van der Waals surface area contributed by atoms with Crippen LogP contribution >= 0.6 is 35.3 Å². The number of benzene rings is 1. The molecular weight excluding hydrogens is 456 g/mol. The van der Waals surface area contributed by atoms with Crippen molar-refractivity contribution >= 4 is 47.0 Å². The first-order valence-electron chi connectivity index (χ1n) is 6.58. The number of alkyl halides is 3. The molecule has 0 aliphatic carbocycles. The van der Waals surface area contributed by atoms with Gasteiger partial charge in [0.05, 0.1) is 17.2 Å². The predicted molar refractivity (Wildman–Crippen MR) is 99.1 cm³/mol. The number of guanidine groups is 1. The van der Waals surface area contributed by atoms with Crippen molar-refractivity contribution in [2.24, 2.45) is 10.7 Å². The lowest BCUT2D eigenvalue weighted by atomic mass is 10.3. The molecular formula is C14H16F3IN4OS. The lowest BCUT2D eigenvalue weighted by Crippen LogP contribution is -2.23. The quantitative estimate of drug-likeness (QED) is 0.398. The molecule has 0 saturated heterocycles. The number of anilines is 1. The van der Waals surface area contributed by atoms with Crippen LogP contribution in [0.5, 0.6) is 5.75 Å². The second-order valence-electron chi connectivity index (χ2n) is 4.64. The minimum absolute atomic E-state index is 0. The summed E-state index contributed by atoms with van der Waals surface area (Å²) < 4.78 is 40.4. The summed E-state index contributed by atoms with van der Waals surface area (Å²) in [5.74, 6) is -0.233. The summed E-state index contributed by atoms with van der Waals surface area (Å²) in [6.07, 6.45) is -4.74. The first-order chi connectivity index (χ1) is 10.7. The van der Waals surface area contributed by atoms with Crippen molar-refractivity contribution in [2.45, 2.75) is 26.8 Å². The fraction of sp³-hybridized carbons (Fsp3) is 0.286. The molecule has 0 amide bonds. The van der Waals surface area contributed by atoms with E-state index in [0.717, 1.165) is 15.6 Å². The number of hydrogen-bond acceptors (Lipinski definition) is 4. The number of nitrogens with one attached hydrogen (secondary N) is 1. The van der Waals surface area contributed by atoms with Gasteiger partial charge in [0.25, 0.3) is 0 Å². The zero-order valence-corrected chi connectivity index (χ0v) is 16.0. The molecule has 0 aliphatic heterocycles. The van der Waals surface area contributed by atoms with Gasteiger partial charge in [-0.15, -0.1) is 48.5 Å². The topological polar surface area (TPSA) is 72.5 Å². The SMILES string of the molecule is Cc1nc(C)c(CN=C(N)Nc2cccc(OC(F)(F)F)c2)s1.I. The highest BCUT2D eigenvalue weighted by Crippen LogP contribution is 2.25. The standard InChI is InChI=1S/C14H15F3N4OS.HI/c1-8-12(23-9(2)20-8)7-19-13(18)21-10-4-3-5-11(6-10)22-14(15,16)17;/h3-6H,7H2,1-2H3,(H3,18,19,21);1H. The number of aliphatic imine (C=N–C) groups is 1. The molecule has 0 radical (unpaired) electrons. The van der Waals surface area contributed by atoms with Crippen molar-refractivity contribution in [3.63, 3.8) is 0 Å². The first-order valence-corrected chi connectivity index (χ1v) is 7.40. The average Bonchev–Trinajstić information content (AvgIpc) is 2.73. The molecule has 0 aliphatic rings. The molecule has 5 nitrogen and oxygen atoms in total. The number of aromatic nitrogens is 1. The molecule has 132 valence electrons. The van der Waals surface area contributed by atoms with Gasteiger partial charge in [-0.25, -0.2) is 9.98 Å². The highest BCUT2D eigenvalue weighted by molar-refractivity contribution is 14.0. The first kappa shape index (κ1) is 20.5. The Morgan fingerprint density at radius 2 is 2.08 bits per heavy atom. The van der Waals surface area contributed by atoms with Gasteiger partial charge in [0.15, 0.2) is 5.96 Å². The molecule has 0 saturated carbocycles. The maximum absolute atomic E-state index is 12.2. The van der Waals surface area contributed by atoms with Gasteiger partial charge in [-0.1, -0.05) is 6.07 Å². The third kappa shape index (κ3) is 6.51. The fourth-order valence-electron chi connectivity index (χ4n) is 1.84. The molecule has 10 heteroatoms. The summed E-state index contributed by atoms with van der Waals surface area (Å²) in [6, 6.07) is 5.38. The normalized spacial score (nSPS) is 11.8. The van der Waals surface area contributed by atoms with Gasteiger partial charge in [0.1, 0.15) is 5.75 Å². The van der Waals surface area contributed by atoms with Crippen LogP contribution in [0.25, 0.3) is 0 Å². The van der Waals surface area contributed by atoms with Crippen LogP contribution in [0.2, 0.25) is 0 Å². The van der Waals surface area contributed by atoms with Crippen LogP contribution in [-0.4, -0.2) is 17.3 Å². The molecule has 24 heavy (non-hydrogen) atoms. The average molecular weight is 472 g/mol. The number of hydrogen-bond donors (Lipinski definition) is 2. The Morgan fingerprint density at radius 3 is 2.67 bits per heavy atom. The second-order valence-corrected chi connectivity index (χ2v) is 5.93. The van der Waals surface area contributed by atoms with Crippen molar-refractivity contribution in [1.29, 1.82) is 0 Å². The van der Waals surface area contributed by atoms with Crippen molar-refractivity contribution in [3.8, 4) is 5.75 Å². The van der Waals surface area contributed by atoms with E-state index in [1.165, 1.54) is 29.5 Å². The van der Waals surface area contributed by atoms with Gasteiger partial charge in [-0.2, -0.15) is 0 Å². The second kappa shape index (κ2) is 8.51.